The number of hydrogen-bond acceptors (Lipinski definition) is 6. The minimum Gasteiger partial charge on any atom is -0.496 e. The Bertz CT molecular complexity index is 832. The van der Waals surface area contributed by atoms with Crippen molar-refractivity contribution in [3.05, 3.63) is 34.6 Å². The molecule has 6 nitrogen and oxygen atoms in total. The molecule has 2 heterocycles. The number of aryl methyl sites for hydroxylation is 1. The Balaban J connectivity index is 2.02. The van der Waals surface area contributed by atoms with E-state index in [1.54, 1.807) is 28.4 Å². The summed E-state index contributed by atoms with van der Waals surface area (Å²) in [5.74, 6) is 2.14. The largest absolute Gasteiger partial charge is 0.496 e. The topological polar surface area (TPSA) is 57.2 Å². The van der Waals surface area contributed by atoms with Crippen molar-refractivity contribution in [2.45, 2.75) is 36.8 Å². The normalized spacial score (nSPS) is 29.9. The zero-order valence-corrected chi connectivity index (χ0v) is 16.7. The van der Waals surface area contributed by atoms with Gasteiger partial charge in [0.25, 0.3) is 0 Å². The second kappa shape index (κ2) is 6.24. The monoisotopic (exact) mass is 373 g/mol. The van der Waals surface area contributed by atoms with Crippen molar-refractivity contribution in [3.63, 3.8) is 0 Å². The third kappa shape index (κ3) is 2.17. The zero-order valence-electron chi connectivity index (χ0n) is 16.7. The fourth-order valence-electron chi connectivity index (χ4n) is 5.39. The highest BCUT2D eigenvalue weighted by Gasteiger charge is 2.61. The fraction of sp³-hybridized carbons (Fsp3) is 0.571. The molecule has 1 aromatic rings. The molecule has 6 heteroatoms. The maximum atomic E-state index is 13.4. The van der Waals surface area contributed by atoms with Gasteiger partial charge >= 0.3 is 0 Å². The van der Waals surface area contributed by atoms with Crippen molar-refractivity contribution in [2.75, 3.05) is 42.0 Å². The van der Waals surface area contributed by atoms with Crippen molar-refractivity contribution < 1.29 is 23.7 Å². The van der Waals surface area contributed by atoms with Gasteiger partial charge in [-0.1, -0.05) is 0 Å². The van der Waals surface area contributed by atoms with Crippen LogP contribution in [0.25, 0.3) is 0 Å². The Morgan fingerprint density at radius 1 is 1.00 bits per heavy atom. The molecule has 1 aromatic carbocycles. The summed E-state index contributed by atoms with van der Waals surface area (Å²) in [6, 6.07) is 4.11. The van der Waals surface area contributed by atoms with Crippen molar-refractivity contribution >= 4 is 5.78 Å². The molecule has 0 radical (unpaired) electrons. The third-order valence-corrected chi connectivity index (χ3v) is 6.68. The van der Waals surface area contributed by atoms with Crippen LogP contribution in [-0.4, -0.2) is 58.4 Å². The third-order valence-electron chi connectivity index (χ3n) is 6.68. The van der Waals surface area contributed by atoms with E-state index < -0.39 is 5.72 Å². The molecule has 2 aliphatic carbocycles. The summed E-state index contributed by atoms with van der Waals surface area (Å²) < 4.78 is 22.8. The lowest BCUT2D eigenvalue weighted by Crippen LogP contribution is -2.58. The molecule has 0 N–H and O–H groups in total. The van der Waals surface area contributed by atoms with E-state index in [0.717, 1.165) is 37.1 Å². The number of benzene rings is 1. The summed E-state index contributed by atoms with van der Waals surface area (Å²) in [5.41, 5.74) is 2.08. The van der Waals surface area contributed by atoms with Gasteiger partial charge in [0.15, 0.2) is 23.0 Å². The van der Waals surface area contributed by atoms with Crippen LogP contribution in [-0.2, 0) is 26.1 Å². The standard InChI is InChI=1S/C21H27NO5/c1-22-9-8-20-12-18(23)21(22,27-5)19(26-4)14(20)7-6-13-10-16(24-2)17(25-3)11-15(13)20/h10-11H,6-9,12H2,1-5H3/t20-,21-/m1/s1. The number of methoxy groups -OCH3 is 4. The average Bonchev–Trinajstić information content (AvgIpc) is 2.87. The Labute approximate surface area is 160 Å². The smallest absolute Gasteiger partial charge is 0.239 e. The molecule has 146 valence electrons. The Kier molecular flexibility index (Phi) is 4.24. The molecule has 27 heavy (non-hydrogen) atoms. The first-order valence-corrected chi connectivity index (χ1v) is 9.31. The van der Waals surface area contributed by atoms with Crippen LogP contribution in [0.1, 0.15) is 30.4 Å². The number of carbonyl (C=O) groups is 1. The van der Waals surface area contributed by atoms with Crippen LogP contribution in [0.3, 0.4) is 0 Å². The first-order chi connectivity index (χ1) is 13.0. The number of allylic oxidation sites excluding steroid dienone is 1. The van der Waals surface area contributed by atoms with E-state index in [1.807, 2.05) is 11.9 Å². The van der Waals surface area contributed by atoms with Crippen molar-refractivity contribution in [3.8, 4) is 11.5 Å². The second-order valence-electron chi connectivity index (χ2n) is 7.58. The van der Waals surface area contributed by atoms with Crippen LogP contribution in [0.15, 0.2) is 23.5 Å². The van der Waals surface area contributed by atoms with Crippen LogP contribution in [0.4, 0.5) is 0 Å². The second-order valence-corrected chi connectivity index (χ2v) is 7.58. The fourth-order valence-corrected chi connectivity index (χ4v) is 5.39. The number of rotatable bonds is 4. The van der Waals surface area contributed by atoms with Crippen LogP contribution in [0.2, 0.25) is 0 Å². The zero-order chi connectivity index (χ0) is 19.4. The van der Waals surface area contributed by atoms with E-state index >= 15 is 0 Å². The molecular formula is C21H27NO5. The van der Waals surface area contributed by atoms with Crippen LogP contribution in [0.5, 0.6) is 11.5 Å². The first-order valence-electron chi connectivity index (χ1n) is 9.31. The van der Waals surface area contributed by atoms with Crippen molar-refractivity contribution in [1.29, 1.82) is 0 Å². The summed E-state index contributed by atoms with van der Waals surface area (Å²) in [6.45, 7) is 0.740. The molecule has 2 aliphatic heterocycles. The van der Waals surface area contributed by atoms with Gasteiger partial charge in [0.05, 0.1) is 21.3 Å². The summed E-state index contributed by atoms with van der Waals surface area (Å²) in [5, 5.41) is 0. The van der Waals surface area contributed by atoms with Gasteiger partial charge in [-0.2, -0.15) is 0 Å². The lowest BCUT2D eigenvalue weighted by atomic mass is 9.59. The Hall–Kier alpha value is -2.05. The molecule has 0 aromatic heterocycles. The van der Waals surface area contributed by atoms with Gasteiger partial charge < -0.3 is 18.9 Å². The summed E-state index contributed by atoms with van der Waals surface area (Å²) in [7, 11) is 8.47. The van der Waals surface area contributed by atoms with E-state index in [1.165, 1.54) is 11.1 Å². The lowest BCUT2D eigenvalue weighted by molar-refractivity contribution is -0.165. The van der Waals surface area contributed by atoms with Gasteiger partial charge in [-0.25, -0.2) is 0 Å². The lowest BCUT2D eigenvalue weighted by Gasteiger charge is -2.47. The number of hydrogen-bond donors (Lipinski definition) is 0. The van der Waals surface area contributed by atoms with Gasteiger partial charge in [0, 0.05) is 25.5 Å². The number of fused-ring (bicyclic) bond motifs is 4. The minimum atomic E-state index is -1.11. The number of ether oxygens (including phenoxy) is 4. The Morgan fingerprint density at radius 2 is 1.70 bits per heavy atom. The summed E-state index contributed by atoms with van der Waals surface area (Å²) >= 11 is 0. The van der Waals surface area contributed by atoms with E-state index in [4.69, 9.17) is 18.9 Å². The number of ketones is 1. The van der Waals surface area contributed by atoms with E-state index in [0.29, 0.717) is 17.9 Å². The van der Waals surface area contributed by atoms with E-state index in [9.17, 15) is 4.79 Å². The highest BCUT2D eigenvalue weighted by Crippen LogP contribution is 2.57. The number of carbonyl (C=O) groups excluding carboxylic acids is 1. The van der Waals surface area contributed by atoms with Gasteiger partial charge in [-0.3, -0.25) is 9.69 Å². The van der Waals surface area contributed by atoms with Gasteiger partial charge in [0.2, 0.25) is 5.72 Å². The molecule has 5 rings (SSSR count). The first kappa shape index (κ1) is 18.3. The molecule has 0 unspecified atom stereocenters. The minimum absolute atomic E-state index is 0.0493. The van der Waals surface area contributed by atoms with Gasteiger partial charge in [-0.05, 0) is 55.1 Å². The molecule has 4 aliphatic rings. The average molecular weight is 373 g/mol. The predicted octanol–water partition coefficient (Wildman–Crippen LogP) is 2.44. The van der Waals surface area contributed by atoms with Gasteiger partial charge in [0.1, 0.15) is 0 Å². The van der Waals surface area contributed by atoms with Gasteiger partial charge in [-0.15, -0.1) is 0 Å². The highest BCUT2D eigenvalue weighted by atomic mass is 16.6. The van der Waals surface area contributed by atoms with Crippen LogP contribution in [0, 0.1) is 0 Å². The summed E-state index contributed by atoms with van der Waals surface area (Å²) in [6.07, 6.45) is 2.97. The molecule has 1 fully saturated rings. The number of Topliss-reactive ketones (excluding diaryl/α,β-unsaturated/α-hetero) is 1. The van der Waals surface area contributed by atoms with E-state index in [2.05, 4.69) is 12.1 Å². The molecule has 0 saturated carbocycles. The molecule has 1 spiro atoms. The van der Waals surface area contributed by atoms with Crippen molar-refractivity contribution in [1.82, 2.24) is 4.90 Å². The predicted molar refractivity (Wildman–Crippen MR) is 100 cm³/mol. The summed E-state index contributed by atoms with van der Waals surface area (Å²) in [4.78, 5) is 15.4. The molecule has 1 saturated heterocycles. The molecule has 0 amide bonds. The van der Waals surface area contributed by atoms with Crippen molar-refractivity contribution in [2.24, 2.45) is 0 Å². The molecule has 2 bridgehead atoms. The van der Waals surface area contributed by atoms with E-state index in [-0.39, 0.29) is 11.2 Å². The molecular weight excluding hydrogens is 346 g/mol. The van der Waals surface area contributed by atoms with Crippen LogP contribution >= 0.6 is 0 Å². The Morgan fingerprint density at radius 3 is 2.33 bits per heavy atom. The maximum absolute atomic E-state index is 13.4. The maximum Gasteiger partial charge on any atom is 0.239 e. The van der Waals surface area contributed by atoms with Crippen LogP contribution < -0.4 is 9.47 Å². The number of nitrogens with zero attached hydrogens (tertiary/aromatic N) is 1. The highest BCUT2D eigenvalue weighted by molar-refractivity contribution is 5.94. The SMILES string of the molecule is COC1=C2CCc3cc(OC)c(OC)cc3[C@@]23CCN(C)[C@@]1(OC)C(=O)C3. The molecule has 2 atom stereocenters. The number of likely N-dealkylation sites (N-methyl/N-ethyl adjacent to an activating group) is 1. The quantitative estimate of drug-likeness (QED) is 0.808.